The molecule has 0 saturated heterocycles. The molecule has 4 heteroatoms. The van der Waals surface area contributed by atoms with E-state index in [0.29, 0.717) is 5.57 Å². The van der Waals surface area contributed by atoms with Crippen molar-refractivity contribution < 1.29 is 9.18 Å². The molecule has 0 bridgehead atoms. The van der Waals surface area contributed by atoms with Crippen molar-refractivity contribution in [2.24, 2.45) is 23.3 Å². The molecule has 2 atom stereocenters. The van der Waals surface area contributed by atoms with E-state index >= 15 is 0 Å². The molecule has 0 spiro atoms. The second kappa shape index (κ2) is 6.66. The molecule has 0 aromatic heterocycles. The van der Waals surface area contributed by atoms with Crippen LogP contribution >= 0.6 is 0 Å². The number of nitrogens with two attached hydrogens (primary N) is 2. The molecule has 19 heavy (non-hydrogen) atoms. The van der Waals surface area contributed by atoms with Crippen LogP contribution in [0.1, 0.15) is 27.7 Å². The van der Waals surface area contributed by atoms with Crippen molar-refractivity contribution in [1.29, 1.82) is 0 Å². The predicted molar refractivity (Wildman–Crippen MR) is 78.1 cm³/mol. The molecule has 0 saturated carbocycles. The largest absolute Gasteiger partial charge is 0.402 e. The van der Waals surface area contributed by atoms with E-state index < -0.39 is 11.6 Å². The monoisotopic (exact) mass is 268 g/mol. The summed E-state index contributed by atoms with van der Waals surface area (Å²) in [5, 5.41) is 0. The molecule has 3 nitrogen and oxygen atoms in total. The highest BCUT2D eigenvalue weighted by Crippen LogP contribution is 2.28. The topological polar surface area (TPSA) is 69.1 Å². The SMILES string of the molecule is C=C(N)[C@@H](C(C)=O)[C@H](CN)/C(C)=C/C(=C)C(C)(C)F. The zero-order valence-corrected chi connectivity index (χ0v) is 12.3. The van der Waals surface area contributed by atoms with Crippen LogP contribution in [0.3, 0.4) is 0 Å². The normalized spacial score (nSPS) is 15.8. The third kappa shape index (κ3) is 4.99. The van der Waals surface area contributed by atoms with Crippen molar-refractivity contribution in [3.05, 3.63) is 36.1 Å². The van der Waals surface area contributed by atoms with Crippen molar-refractivity contribution >= 4 is 5.78 Å². The molecule has 0 heterocycles. The molecule has 0 aromatic rings. The minimum Gasteiger partial charge on any atom is -0.402 e. The van der Waals surface area contributed by atoms with Crippen molar-refractivity contribution in [3.8, 4) is 0 Å². The number of alkyl halides is 1. The van der Waals surface area contributed by atoms with Gasteiger partial charge in [0.25, 0.3) is 0 Å². The number of rotatable bonds is 7. The Morgan fingerprint density at radius 1 is 1.37 bits per heavy atom. The summed E-state index contributed by atoms with van der Waals surface area (Å²) in [6.07, 6.45) is 1.64. The molecule has 0 rings (SSSR count). The van der Waals surface area contributed by atoms with Crippen LogP contribution in [0.25, 0.3) is 0 Å². The van der Waals surface area contributed by atoms with Gasteiger partial charge in [-0.2, -0.15) is 0 Å². The van der Waals surface area contributed by atoms with Gasteiger partial charge in [0.15, 0.2) is 0 Å². The first-order valence-corrected chi connectivity index (χ1v) is 6.23. The van der Waals surface area contributed by atoms with Crippen LogP contribution in [-0.2, 0) is 4.79 Å². The Morgan fingerprint density at radius 2 is 1.84 bits per heavy atom. The molecule has 4 N–H and O–H groups in total. The molecule has 0 unspecified atom stereocenters. The van der Waals surface area contributed by atoms with Crippen molar-refractivity contribution in [2.75, 3.05) is 6.54 Å². The lowest BCUT2D eigenvalue weighted by atomic mass is 9.81. The number of hydrogen-bond donors (Lipinski definition) is 2. The van der Waals surface area contributed by atoms with Gasteiger partial charge in [-0.05, 0) is 39.8 Å². The van der Waals surface area contributed by atoms with Crippen LogP contribution in [0.15, 0.2) is 36.1 Å². The van der Waals surface area contributed by atoms with Gasteiger partial charge >= 0.3 is 0 Å². The highest BCUT2D eigenvalue weighted by molar-refractivity contribution is 5.81. The predicted octanol–water partition coefficient (Wildman–Crippen LogP) is 2.49. The number of Topliss-reactive ketones (excluding diaryl/α,β-unsaturated/α-hetero) is 1. The van der Waals surface area contributed by atoms with Crippen LogP contribution in [0.4, 0.5) is 4.39 Å². The van der Waals surface area contributed by atoms with E-state index in [0.717, 1.165) is 5.57 Å². The molecule has 0 aromatic carbocycles. The van der Waals surface area contributed by atoms with Crippen LogP contribution in [0.5, 0.6) is 0 Å². The summed E-state index contributed by atoms with van der Waals surface area (Å²) in [4.78, 5) is 11.7. The van der Waals surface area contributed by atoms with E-state index in [1.54, 1.807) is 13.0 Å². The Morgan fingerprint density at radius 3 is 2.11 bits per heavy atom. The first kappa shape index (κ1) is 17.6. The van der Waals surface area contributed by atoms with E-state index in [1.807, 2.05) is 0 Å². The summed E-state index contributed by atoms with van der Waals surface area (Å²) in [7, 11) is 0. The van der Waals surface area contributed by atoms with Crippen molar-refractivity contribution in [3.63, 3.8) is 0 Å². The molecule has 0 amide bonds. The first-order chi connectivity index (χ1) is 8.52. The molecule has 108 valence electrons. The van der Waals surface area contributed by atoms with Crippen LogP contribution in [0.2, 0.25) is 0 Å². The fourth-order valence-corrected chi connectivity index (χ4v) is 1.94. The second-order valence-electron chi connectivity index (χ2n) is 5.39. The quantitative estimate of drug-likeness (QED) is 0.697. The first-order valence-electron chi connectivity index (χ1n) is 6.23. The zero-order chi connectivity index (χ0) is 15.4. The zero-order valence-electron chi connectivity index (χ0n) is 12.3. The summed E-state index contributed by atoms with van der Waals surface area (Å²) < 4.78 is 13.7. The molecule has 0 radical (unpaired) electrons. The van der Waals surface area contributed by atoms with Crippen LogP contribution < -0.4 is 11.5 Å². The molecular formula is C15H25FN2O. The number of halogens is 1. The smallest absolute Gasteiger partial charge is 0.139 e. The Hall–Kier alpha value is -1.42. The van der Waals surface area contributed by atoms with Gasteiger partial charge in [-0.3, -0.25) is 4.79 Å². The fraction of sp³-hybridized carbons (Fsp3) is 0.533. The van der Waals surface area contributed by atoms with Gasteiger partial charge in [0.05, 0.1) is 5.92 Å². The number of ketones is 1. The number of carbonyl (C=O) groups excluding carboxylic acids is 1. The van der Waals surface area contributed by atoms with Crippen molar-refractivity contribution in [2.45, 2.75) is 33.4 Å². The highest BCUT2D eigenvalue weighted by atomic mass is 19.1. The average Bonchev–Trinajstić information content (AvgIpc) is 2.22. The standard InChI is InChI=1S/C15H25FN2O/c1-9(7-10(2)15(5,6)16)13(8-17)14(11(3)18)12(4)19/h7,13-14H,2-3,8,17-18H2,1,4-6H3/b9-7+/t13-,14+/m1/s1. The Kier molecular flexibility index (Phi) is 6.16. The van der Waals surface area contributed by atoms with Crippen LogP contribution in [0, 0.1) is 11.8 Å². The maximum atomic E-state index is 13.7. The summed E-state index contributed by atoms with van der Waals surface area (Å²) in [6, 6.07) is 0. The molecule has 0 aliphatic rings. The fourth-order valence-electron chi connectivity index (χ4n) is 1.94. The van der Waals surface area contributed by atoms with Crippen molar-refractivity contribution in [1.82, 2.24) is 0 Å². The Balaban J connectivity index is 5.36. The van der Waals surface area contributed by atoms with Gasteiger partial charge in [-0.15, -0.1) is 0 Å². The Labute approximate surface area is 115 Å². The number of allylic oxidation sites excluding steroid dienone is 3. The van der Waals surface area contributed by atoms with E-state index in [9.17, 15) is 9.18 Å². The summed E-state index contributed by atoms with van der Waals surface area (Å²) in [6.45, 7) is 13.7. The lowest BCUT2D eigenvalue weighted by molar-refractivity contribution is -0.120. The highest BCUT2D eigenvalue weighted by Gasteiger charge is 2.28. The van der Waals surface area contributed by atoms with E-state index in [1.165, 1.54) is 20.8 Å². The second-order valence-corrected chi connectivity index (χ2v) is 5.39. The molecule has 0 aliphatic heterocycles. The third-order valence-corrected chi connectivity index (χ3v) is 3.24. The minimum atomic E-state index is -1.51. The van der Waals surface area contributed by atoms with E-state index in [4.69, 9.17) is 11.5 Å². The van der Waals surface area contributed by atoms with Gasteiger partial charge in [0.1, 0.15) is 11.5 Å². The molecule has 0 fully saturated rings. The van der Waals surface area contributed by atoms with Gasteiger partial charge in [0, 0.05) is 11.6 Å². The van der Waals surface area contributed by atoms with Gasteiger partial charge in [-0.1, -0.05) is 24.8 Å². The lowest BCUT2D eigenvalue weighted by Gasteiger charge is -2.26. The van der Waals surface area contributed by atoms with E-state index in [-0.39, 0.29) is 23.9 Å². The third-order valence-electron chi connectivity index (χ3n) is 3.24. The summed E-state index contributed by atoms with van der Waals surface area (Å²) in [5.74, 6) is -0.924. The maximum absolute atomic E-state index is 13.7. The van der Waals surface area contributed by atoms with Gasteiger partial charge in [-0.25, -0.2) is 4.39 Å². The van der Waals surface area contributed by atoms with E-state index in [2.05, 4.69) is 13.2 Å². The Bertz CT molecular complexity index is 391. The summed E-state index contributed by atoms with van der Waals surface area (Å²) >= 11 is 0. The molecular weight excluding hydrogens is 243 g/mol. The van der Waals surface area contributed by atoms with Crippen LogP contribution in [-0.4, -0.2) is 18.0 Å². The minimum absolute atomic E-state index is 0.0965. The average molecular weight is 268 g/mol. The maximum Gasteiger partial charge on any atom is 0.139 e. The van der Waals surface area contributed by atoms with Gasteiger partial charge in [0.2, 0.25) is 0 Å². The number of carbonyl (C=O) groups is 1. The molecule has 0 aliphatic carbocycles. The van der Waals surface area contributed by atoms with Gasteiger partial charge < -0.3 is 11.5 Å². The lowest BCUT2D eigenvalue weighted by Crippen LogP contribution is -2.33. The number of hydrogen-bond acceptors (Lipinski definition) is 3. The summed E-state index contributed by atoms with van der Waals surface area (Å²) in [5.41, 5.74) is 11.3.